The maximum absolute atomic E-state index is 13.2. The van der Waals surface area contributed by atoms with Gasteiger partial charge < -0.3 is 19.6 Å². The van der Waals surface area contributed by atoms with Gasteiger partial charge in [-0.15, -0.1) is 0 Å². The number of aliphatic hydroxyl groups is 1. The molecule has 6 nitrogen and oxygen atoms in total. The smallest absolute Gasteiger partial charge is 0.419 e. The number of oxazole rings is 1. The van der Waals surface area contributed by atoms with E-state index in [2.05, 4.69) is 15.3 Å². The number of nitrogens with zero attached hydrogens (tertiary/aromatic N) is 2. The number of fused-ring (bicyclic) bond motifs is 1. The zero-order chi connectivity index (χ0) is 21.3. The molecule has 0 aliphatic rings. The second-order valence-corrected chi connectivity index (χ2v) is 6.43. The van der Waals surface area contributed by atoms with E-state index < -0.39 is 18.0 Å². The van der Waals surface area contributed by atoms with Crippen molar-refractivity contribution in [1.82, 2.24) is 9.97 Å². The predicted molar refractivity (Wildman–Crippen MR) is 104 cm³/mol. The number of hydrogen-bond acceptors (Lipinski definition) is 6. The summed E-state index contributed by atoms with van der Waals surface area (Å²) in [7, 11) is 1.16. The number of methoxy groups -OCH3 is 1. The number of ether oxygens (including phenoxy) is 1. The quantitative estimate of drug-likeness (QED) is 0.446. The number of anilines is 1. The summed E-state index contributed by atoms with van der Waals surface area (Å²) in [6, 6.07) is 13.7. The van der Waals surface area contributed by atoms with Gasteiger partial charge in [0.2, 0.25) is 5.89 Å². The molecule has 0 radical (unpaired) electrons. The zero-order valence-electron chi connectivity index (χ0n) is 15.6. The van der Waals surface area contributed by atoms with Crippen molar-refractivity contribution in [1.29, 1.82) is 0 Å². The maximum atomic E-state index is 13.2. The van der Waals surface area contributed by atoms with E-state index in [1.807, 2.05) is 0 Å². The van der Waals surface area contributed by atoms with E-state index in [0.29, 0.717) is 28.4 Å². The molecule has 2 heterocycles. The first-order valence-electron chi connectivity index (χ1n) is 8.87. The van der Waals surface area contributed by atoms with Gasteiger partial charge in [-0.25, -0.2) is 4.98 Å². The highest BCUT2D eigenvalue weighted by molar-refractivity contribution is 5.73. The summed E-state index contributed by atoms with van der Waals surface area (Å²) in [5.41, 5.74) is 1.17. The molecule has 9 heteroatoms. The van der Waals surface area contributed by atoms with Crippen molar-refractivity contribution in [2.75, 3.05) is 12.4 Å². The van der Waals surface area contributed by atoms with Gasteiger partial charge in [0, 0.05) is 23.0 Å². The van der Waals surface area contributed by atoms with Crippen molar-refractivity contribution < 1.29 is 27.4 Å². The topological polar surface area (TPSA) is 80.4 Å². The first kappa shape index (κ1) is 19.7. The lowest BCUT2D eigenvalue weighted by atomic mass is 10.1. The molecule has 0 spiro atoms. The van der Waals surface area contributed by atoms with E-state index in [-0.39, 0.29) is 11.3 Å². The number of aliphatic hydroxyl groups excluding tert-OH is 1. The van der Waals surface area contributed by atoms with Crippen molar-refractivity contribution in [2.45, 2.75) is 12.4 Å². The number of alkyl halides is 3. The van der Waals surface area contributed by atoms with Gasteiger partial charge in [0.15, 0.2) is 17.5 Å². The number of halogens is 3. The molecule has 1 atom stereocenters. The third kappa shape index (κ3) is 3.92. The third-order valence-electron chi connectivity index (χ3n) is 4.42. The molecule has 0 fully saturated rings. The third-order valence-corrected chi connectivity index (χ3v) is 4.42. The van der Waals surface area contributed by atoms with Gasteiger partial charge in [-0.05, 0) is 42.5 Å². The number of pyridine rings is 1. The molecule has 2 N–H and O–H groups in total. The molecule has 0 saturated carbocycles. The summed E-state index contributed by atoms with van der Waals surface area (Å²) in [6.07, 6.45) is -4.38. The Morgan fingerprint density at radius 2 is 1.93 bits per heavy atom. The molecule has 2 aromatic carbocycles. The van der Waals surface area contributed by atoms with Crippen LogP contribution in [0.5, 0.6) is 5.75 Å². The molecule has 0 saturated heterocycles. The van der Waals surface area contributed by atoms with Crippen LogP contribution in [-0.4, -0.2) is 22.2 Å². The minimum absolute atomic E-state index is 0.0413. The maximum Gasteiger partial charge on any atom is 0.419 e. The van der Waals surface area contributed by atoms with Gasteiger partial charge in [-0.2, -0.15) is 18.2 Å². The van der Waals surface area contributed by atoms with Crippen LogP contribution in [0.1, 0.15) is 17.4 Å². The molecule has 4 rings (SSSR count). The lowest BCUT2D eigenvalue weighted by Crippen LogP contribution is -2.13. The van der Waals surface area contributed by atoms with Crippen LogP contribution in [-0.2, 0) is 6.18 Å². The Bertz CT molecular complexity index is 1160. The normalized spacial score (nSPS) is 12.7. The average molecular weight is 415 g/mol. The standard InChI is InChI=1S/C21H16F3N3O3/c1-29-16-8-7-12(11-15(16)21(22,23)24)19(28)26-14-5-2-4-13(10-14)20-27-18-17(30-20)6-3-9-25-18/h2-11,19,26,28H,1H3. The van der Waals surface area contributed by atoms with Gasteiger partial charge in [-0.3, -0.25) is 0 Å². The fraction of sp³-hybridized carbons (Fsp3) is 0.143. The summed E-state index contributed by atoms with van der Waals surface area (Å²) in [4.78, 5) is 8.43. The highest BCUT2D eigenvalue weighted by Gasteiger charge is 2.35. The monoisotopic (exact) mass is 415 g/mol. The second-order valence-electron chi connectivity index (χ2n) is 6.43. The second kappa shape index (κ2) is 7.68. The van der Waals surface area contributed by atoms with Gasteiger partial charge >= 0.3 is 6.18 Å². The molecule has 4 aromatic rings. The van der Waals surface area contributed by atoms with Gasteiger partial charge in [0.05, 0.1) is 12.7 Å². The Kier molecular flexibility index (Phi) is 5.04. The summed E-state index contributed by atoms with van der Waals surface area (Å²) >= 11 is 0. The molecular formula is C21H16F3N3O3. The summed E-state index contributed by atoms with van der Waals surface area (Å²) in [5, 5.41) is 13.2. The number of hydrogen-bond donors (Lipinski definition) is 2. The molecule has 30 heavy (non-hydrogen) atoms. The predicted octanol–water partition coefficient (Wildman–Crippen LogP) is 5.02. The van der Waals surface area contributed by atoms with Crippen LogP contribution in [0.25, 0.3) is 22.7 Å². The van der Waals surface area contributed by atoms with Crippen molar-refractivity contribution in [3.8, 4) is 17.2 Å². The molecular weight excluding hydrogens is 399 g/mol. The number of nitrogens with one attached hydrogen (secondary N) is 1. The van der Waals surface area contributed by atoms with Gasteiger partial charge in [0.25, 0.3) is 0 Å². The first-order valence-corrected chi connectivity index (χ1v) is 8.87. The average Bonchev–Trinajstić information content (AvgIpc) is 3.17. The van der Waals surface area contributed by atoms with Crippen molar-refractivity contribution >= 4 is 16.9 Å². The lowest BCUT2D eigenvalue weighted by Gasteiger charge is -2.18. The fourth-order valence-electron chi connectivity index (χ4n) is 2.99. The minimum Gasteiger partial charge on any atom is -0.496 e. The Labute approximate surface area is 169 Å². The van der Waals surface area contributed by atoms with Crippen molar-refractivity contribution in [3.05, 3.63) is 71.9 Å². The lowest BCUT2D eigenvalue weighted by molar-refractivity contribution is -0.138. The van der Waals surface area contributed by atoms with Crippen LogP contribution in [0.2, 0.25) is 0 Å². The fourth-order valence-corrected chi connectivity index (χ4v) is 2.99. The van der Waals surface area contributed by atoms with E-state index in [0.717, 1.165) is 13.2 Å². The van der Waals surface area contributed by atoms with E-state index in [1.54, 1.807) is 42.6 Å². The van der Waals surface area contributed by atoms with Crippen molar-refractivity contribution in [3.63, 3.8) is 0 Å². The van der Waals surface area contributed by atoms with Crippen LogP contribution >= 0.6 is 0 Å². The number of benzene rings is 2. The largest absolute Gasteiger partial charge is 0.496 e. The Hall–Kier alpha value is -3.59. The molecule has 1 unspecified atom stereocenters. The first-order chi connectivity index (χ1) is 14.3. The van der Waals surface area contributed by atoms with Crippen LogP contribution in [0.3, 0.4) is 0 Å². The molecule has 2 aromatic heterocycles. The van der Waals surface area contributed by atoms with Crippen LogP contribution in [0, 0.1) is 0 Å². The van der Waals surface area contributed by atoms with Gasteiger partial charge in [-0.1, -0.05) is 12.1 Å². The molecule has 0 amide bonds. The van der Waals surface area contributed by atoms with Crippen LogP contribution < -0.4 is 10.1 Å². The zero-order valence-corrected chi connectivity index (χ0v) is 15.6. The van der Waals surface area contributed by atoms with E-state index in [1.165, 1.54) is 12.1 Å². The molecule has 0 aliphatic heterocycles. The van der Waals surface area contributed by atoms with Crippen LogP contribution in [0.15, 0.2) is 65.2 Å². The highest BCUT2D eigenvalue weighted by Crippen LogP contribution is 2.38. The molecule has 154 valence electrons. The summed E-state index contributed by atoms with van der Waals surface area (Å²) < 4.78 is 50.1. The number of rotatable bonds is 5. The summed E-state index contributed by atoms with van der Waals surface area (Å²) in [6.45, 7) is 0. The minimum atomic E-state index is -4.61. The van der Waals surface area contributed by atoms with E-state index >= 15 is 0 Å². The van der Waals surface area contributed by atoms with Gasteiger partial charge in [0.1, 0.15) is 5.75 Å². The Balaban J connectivity index is 1.60. The van der Waals surface area contributed by atoms with E-state index in [4.69, 9.17) is 9.15 Å². The highest BCUT2D eigenvalue weighted by atomic mass is 19.4. The Morgan fingerprint density at radius 3 is 2.67 bits per heavy atom. The van der Waals surface area contributed by atoms with E-state index in [9.17, 15) is 18.3 Å². The molecule has 0 bridgehead atoms. The van der Waals surface area contributed by atoms with Crippen LogP contribution in [0.4, 0.5) is 18.9 Å². The SMILES string of the molecule is COc1ccc(C(O)Nc2cccc(-c3nc4ncccc4o3)c2)cc1C(F)(F)F. The number of aromatic nitrogens is 2. The molecule has 0 aliphatic carbocycles. The Morgan fingerprint density at radius 1 is 1.10 bits per heavy atom. The summed E-state index contributed by atoms with van der Waals surface area (Å²) in [5.74, 6) is 0.0238. The van der Waals surface area contributed by atoms with Crippen molar-refractivity contribution in [2.24, 2.45) is 0 Å².